The average Bonchev–Trinajstić information content (AvgIpc) is 2.55. The van der Waals surface area contributed by atoms with Gasteiger partial charge < -0.3 is 5.21 Å². The molecule has 0 atom stereocenters. The van der Waals surface area contributed by atoms with Gasteiger partial charge in [-0.25, -0.2) is 4.98 Å². The average molecular weight is 300 g/mol. The van der Waals surface area contributed by atoms with Gasteiger partial charge >= 0.3 is 0 Å². The van der Waals surface area contributed by atoms with Crippen molar-refractivity contribution in [3.8, 4) is 11.4 Å². The minimum absolute atomic E-state index is 0.631. The zero-order valence-corrected chi connectivity index (χ0v) is 13.1. The summed E-state index contributed by atoms with van der Waals surface area (Å²) in [5.74, 6) is 0. The van der Waals surface area contributed by atoms with E-state index in [0.717, 1.165) is 37.8 Å². The van der Waals surface area contributed by atoms with Crippen LogP contribution in [0.2, 0.25) is 0 Å². The summed E-state index contributed by atoms with van der Waals surface area (Å²) in [6.45, 7) is 3.97. The van der Waals surface area contributed by atoms with Gasteiger partial charge in [0.1, 0.15) is 5.69 Å². The third kappa shape index (κ3) is 2.13. The van der Waals surface area contributed by atoms with Crippen LogP contribution in [0, 0.1) is 19.1 Å². The zero-order chi connectivity index (χ0) is 16.0. The molecule has 0 N–H and O–H groups in total. The van der Waals surface area contributed by atoms with Crippen LogP contribution in [-0.4, -0.2) is 4.98 Å². The van der Waals surface area contributed by atoms with Crippen LogP contribution in [0.4, 0.5) is 0 Å². The third-order valence-corrected chi connectivity index (χ3v) is 4.24. The minimum atomic E-state index is 0.631. The van der Waals surface area contributed by atoms with E-state index in [9.17, 15) is 5.21 Å². The zero-order valence-electron chi connectivity index (χ0n) is 13.1. The van der Waals surface area contributed by atoms with Crippen molar-refractivity contribution in [3.63, 3.8) is 0 Å². The molecule has 0 radical (unpaired) electrons. The number of hydrogen-bond donors (Lipinski definition) is 0. The van der Waals surface area contributed by atoms with Crippen LogP contribution in [0.25, 0.3) is 33.2 Å². The molecule has 0 aliphatic rings. The Kier molecular flexibility index (Phi) is 3.01. The smallest absolute Gasteiger partial charge is 0.246 e. The molecule has 0 amide bonds. The highest BCUT2D eigenvalue weighted by atomic mass is 16.5. The molecular weight excluding hydrogens is 284 g/mol. The highest BCUT2D eigenvalue weighted by Gasteiger charge is 2.20. The van der Waals surface area contributed by atoms with Crippen molar-refractivity contribution in [2.45, 2.75) is 13.8 Å². The fourth-order valence-electron chi connectivity index (χ4n) is 3.12. The molecule has 0 unspecified atom stereocenters. The summed E-state index contributed by atoms with van der Waals surface area (Å²) in [5, 5.41) is 14.9. The summed E-state index contributed by atoms with van der Waals surface area (Å²) >= 11 is 0. The first kappa shape index (κ1) is 13.7. The van der Waals surface area contributed by atoms with E-state index in [1.165, 1.54) is 0 Å². The van der Waals surface area contributed by atoms with E-state index in [0.29, 0.717) is 11.2 Å². The maximum Gasteiger partial charge on any atom is 0.246 e. The lowest BCUT2D eigenvalue weighted by atomic mass is 10.0. The monoisotopic (exact) mass is 300 g/mol. The van der Waals surface area contributed by atoms with Gasteiger partial charge in [0.15, 0.2) is 0 Å². The summed E-state index contributed by atoms with van der Waals surface area (Å²) in [6.07, 6.45) is 0. The highest BCUT2D eigenvalue weighted by Crippen LogP contribution is 2.27. The molecule has 0 aliphatic carbocycles. The van der Waals surface area contributed by atoms with Crippen molar-refractivity contribution < 1.29 is 4.73 Å². The molecule has 3 nitrogen and oxygen atoms in total. The van der Waals surface area contributed by atoms with Gasteiger partial charge in [-0.3, -0.25) is 0 Å². The molecule has 0 saturated carbocycles. The predicted octanol–water partition coefficient (Wildman–Crippen LogP) is 4.31. The van der Waals surface area contributed by atoms with Crippen molar-refractivity contribution in [2.75, 3.05) is 0 Å². The van der Waals surface area contributed by atoms with Crippen LogP contribution in [0.5, 0.6) is 0 Å². The molecular formula is C20H16N2O. The normalized spacial score (nSPS) is 11.2. The number of para-hydroxylation sites is 2. The molecule has 23 heavy (non-hydrogen) atoms. The third-order valence-electron chi connectivity index (χ3n) is 4.24. The van der Waals surface area contributed by atoms with Gasteiger partial charge in [0.25, 0.3) is 0 Å². The molecule has 2 aromatic heterocycles. The van der Waals surface area contributed by atoms with Gasteiger partial charge in [-0.1, -0.05) is 30.3 Å². The van der Waals surface area contributed by atoms with E-state index in [4.69, 9.17) is 4.98 Å². The SMILES string of the molecule is Cc1cc2ccccc2nc1-c1c(C)cc2ccccc2[n+]1[O-]. The topological polar surface area (TPSA) is 39.8 Å². The van der Waals surface area contributed by atoms with Crippen LogP contribution >= 0.6 is 0 Å². The molecule has 0 aliphatic heterocycles. The lowest BCUT2D eigenvalue weighted by molar-refractivity contribution is -0.565. The molecule has 2 heterocycles. The Bertz CT molecular complexity index is 1050. The first-order valence-electron chi connectivity index (χ1n) is 7.64. The number of benzene rings is 2. The summed E-state index contributed by atoms with van der Waals surface area (Å²) in [7, 11) is 0. The number of aromatic nitrogens is 2. The Hall–Kier alpha value is -2.94. The van der Waals surface area contributed by atoms with E-state index in [1.54, 1.807) is 0 Å². The second kappa shape index (κ2) is 5.06. The van der Waals surface area contributed by atoms with Gasteiger partial charge in [0.05, 0.1) is 5.52 Å². The Morgan fingerprint density at radius 1 is 0.826 bits per heavy atom. The summed E-state index contributed by atoms with van der Waals surface area (Å²) in [6, 6.07) is 19.8. The molecule has 0 saturated heterocycles. The van der Waals surface area contributed by atoms with Crippen LogP contribution in [0.1, 0.15) is 11.1 Å². The number of rotatable bonds is 1. The molecule has 4 rings (SSSR count). The summed E-state index contributed by atoms with van der Waals surface area (Å²) in [4.78, 5) is 4.75. The minimum Gasteiger partial charge on any atom is -0.618 e. The highest BCUT2D eigenvalue weighted by molar-refractivity contribution is 5.84. The summed E-state index contributed by atoms with van der Waals surface area (Å²) < 4.78 is 1.01. The van der Waals surface area contributed by atoms with Gasteiger partial charge in [-0.15, -0.1) is 0 Å². The van der Waals surface area contributed by atoms with E-state index >= 15 is 0 Å². The summed E-state index contributed by atoms with van der Waals surface area (Å²) in [5.41, 5.74) is 4.90. The Labute approximate surface area is 134 Å². The van der Waals surface area contributed by atoms with Crippen molar-refractivity contribution >= 4 is 21.8 Å². The van der Waals surface area contributed by atoms with Crippen molar-refractivity contribution in [3.05, 3.63) is 77.0 Å². The molecule has 2 aromatic carbocycles. The number of hydrogen-bond acceptors (Lipinski definition) is 2. The lowest BCUT2D eigenvalue weighted by Crippen LogP contribution is -2.31. The lowest BCUT2D eigenvalue weighted by Gasteiger charge is -2.12. The van der Waals surface area contributed by atoms with E-state index < -0.39 is 0 Å². The van der Waals surface area contributed by atoms with E-state index in [-0.39, 0.29) is 0 Å². The molecule has 0 spiro atoms. The molecule has 0 bridgehead atoms. The van der Waals surface area contributed by atoms with Crippen molar-refractivity contribution in [1.82, 2.24) is 4.98 Å². The standard InChI is InChI=1S/C20H16N2O/c1-13-11-15-7-3-5-9-17(15)21-19(13)20-14(2)12-16-8-4-6-10-18(16)22(20)23/h3-12H,1-2H3. The van der Waals surface area contributed by atoms with E-state index in [2.05, 4.69) is 12.1 Å². The number of fused-ring (bicyclic) bond motifs is 2. The largest absolute Gasteiger partial charge is 0.618 e. The fourth-order valence-corrected chi connectivity index (χ4v) is 3.12. The first-order valence-corrected chi connectivity index (χ1v) is 7.64. The fraction of sp³-hybridized carbons (Fsp3) is 0.100. The Balaban J connectivity index is 2.08. The molecule has 3 heteroatoms. The molecule has 0 fully saturated rings. The number of nitrogens with zero attached hydrogens (tertiary/aromatic N) is 2. The van der Waals surface area contributed by atoms with Crippen LogP contribution in [0.3, 0.4) is 0 Å². The number of aryl methyl sites for hydroxylation is 2. The van der Waals surface area contributed by atoms with Crippen LogP contribution in [-0.2, 0) is 0 Å². The van der Waals surface area contributed by atoms with Gasteiger partial charge in [-0.05, 0) is 43.7 Å². The second-order valence-electron chi connectivity index (χ2n) is 5.88. The van der Waals surface area contributed by atoms with Gasteiger partial charge in [0, 0.05) is 22.4 Å². The second-order valence-corrected chi connectivity index (χ2v) is 5.88. The number of pyridine rings is 2. The van der Waals surface area contributed by atoms with E-state index in [1.807, 2.05) is 62.4 Å². The van der Waals surface area contributed by atoms with Crippen molar-refractivity contribution in [1.29, 1.82) is 0 Å². The van der Waals surface area contributed by atoms with Crippen LogP contribution < -0.4 is 4.73 Å². The quantitative estimate of drug-likeness (QED) is 0.388. The molecule has 112 valence electrons. The Morgan fingerprint density at radius 3 is 2.30 bits per heavy atom. The molecule has 4 aromatic rings. The first-order chi connectivity index (χ1) is 11.1. The maximum absolute atomic E-state index is 12.9. The van der Waals surface area contributed by atoms with Gasteiger partial charge in [0.2, 0.25) is 11.2 Å². The Morgan fingerprint density at radius 2 is 1.48 bits per heavy atom. The predicted molar refractivity (Wildman–Crippen MR) is 93.1 cm³/mol. The maximum atomic E-state index is 12.9. The van der Waals surface area contributed by atoms with Crippen molar-refractivity contribution in [2.24, 2.45) is 0 Å². The van der Waals surface area contributed by atoms with Crippen LogP contribution in [0.15, 0.2) is 60.7 Å². The van der Waals surface area contributed by atoms with Gasteiger partial charge in [-0.2, -0.15) is 4.73 Å².